The molecule has 1 aromatic carbocycles. The summed E-state index contributed by atoms with van der Waals surface area (Å²) in [5, 5.41) is 13.6. The Balaban J connectivity index is 2.57. The first-order chi connectivity index (χ1) is 8.65. The van der Waals surface area contributed by atoms with Crippen LogP contribution in [0.15, 0.2) is 30.3 Å². The molecule has 1 aromatic heterocycles. The van der Waals surface area contributed by atoms with Crippen LogP contribution >= 0.6 is 11.6 Å². The van der Waals surface area contributed by atoms with Crippen molar-refractivity contribution in [2.45, 2.75) is 19.8 Å². The van der Waals surface area contributed by atoms with Crippen LogP contribution in [0.5, 0.6) is 0 Å². The molecular weight excluding hydrogens is 252 g/mol. The maximum Gasteiger partial charge on any atom is 0.340 e. The lowest BCUT2D eigenvalue weighted by Crippen LogP contribution is -2.00. The Hall–Kier alpha value is -1.81. The number of halogens is 1. The Labute approximate surface area is 110 Å². The highest BCUT2D eigenvalue weighted by atomic mass is 35.5. The van der Waals surface area contributed by atoms with Gasteiger partial charge in [0, 0.05) is 0 Å². The molecule has 0 saturated heterocycles. The first-order valence-electron chi connectivity index (χ1n) is 5.71. The number of nitrogens with zero attached hydrogens (tertiary/aromatic N) is 2. The van der Waals surface area contributed by atoms with Crippen molar-refractivity contribution in [1.29, 1.82) is 0 Å². The molecule has 0 atom stereocenters. The van der Waals surface area contributed by atoms with E-state index in [0.717, 1.165) is 12.1 Å². The van der Waals surface area contributed by atoms with Crippen LogP contribution in [0.1, 0.15) is 29.4 Å². The normalized spacial score (nSPS) is 10.6. The van der Waals surface area contributed by atoms with Gasteiger partial charge in [0.05, 0.1) is 11.4 Å². The van der Waals surface area contributed by atoms with Crippen molar-refractivity contribution in [2.24, 2.45) is 0 Å². The van der Waals surface area contributed by atoms with Gasteiger partial charge in [-0.3, -0.25) is 0 Å². The second kappa shape index (κ2) is 5.23. The molecule has 0 amide bonds. The topological polar surface area (TPSA) is 55.1 Å². The molecule has 1 N–H and O–H groups in total. The Morgan fingerprint density at radius 2 is 2.06 bits per heavy atom. The number of carboxylic acid groups (broad SMARTS) is 1. The van der Waals surface area contributed by atoms with Gasteiger partial charge in [0.15, 0.2) is 0 Å². The van der Waals surface area contributed by atoms with Crippen molar-refractivity contribution in [1.82, 2.24) is 9.78 Å². The lowest BCUT2D eigenvalue weighted by Gasteiger charge is -2.01. The van der Waals surface area contributed by atoms with E-state index in [1.165, 1.54) is 4.68 Å². The van der Waals surface area contributed by atoms with Crippen LogP contribution in [0.25, 0.3) is 5.69 Å². The number of carbonyl (C=O) groups is 1. The Bertz CT molecular complexity index is 564. The minimum atomic E-state index is -1.04. The average Bonchev–Trinajstić information content (AvgIpc) is 2.68. The van der Waals surface area contributed by atoms with Crippen molar-refractivity contribution in [3.63, 3.8) is 0 Å². The van der Waals surface area contributed by atoms with Crippen LogP contribution in [0.3, 0.4) is 0 Å². The molecule has 0 bridgehead atoms. The molecule has 2 rings (SSSR count). The van der Waals surface area contributed by atoms with E-state index in [1.807, 2.05) is 37.3 Å². The molecule has 2 aromatic rings. The number of para-hydroxylation sites is 1. The molecular formula is C13H13ClN2O2. The molecule has 0 spiro atoms. The number of hydrogen-bond acceptors (Lipinski definition) is 2. The van der Waals surface area contributed by atoms with E-state index < -0.39 is 5.97 Å². The van der Waals surface area contributed by atoms with Gasteiger partial charge in [-0.05, 0) is 18.6 Å². The molecule has 1 heterocycles. The second-order valence-electron chi connectivity index (χ2n) is 3.92. The van der Waals surface area contributed by atoms with E-state index >= 15 is 0 Å². The van der Waals surface area contributed by atoms with E-state index in [1.54, 1.807) is 0 Å². The lowest BCUT2D eigenvalue weighted by molar-refractivity contribution is 0.0696. The van der Waals surface area contributed by atoms with E-state index in [9.17, 15) is 9.90 Å². The zero-order valence-electron chi connectivity index (χ0n) is 9.93. The van der Waals surface area contributed by atoms with Crippen molar-refractivity contribution < 1.29 is 9.90 Å². The minimum Gasteiger partial charge on any atom is -0.478 e. The van der Waals surface area contributed by atoms with E-state index in [4.69, 9.17) is 11.6 Å². The van der Waals surface area contributed by atoms with Gasteiger partial charge in [-0.2, -0.15) is 5.10 Å². The molecule has 94 valence electrons. The number of aromatic nitrogens is 2. The van der Waals surface area contributed by atoms with Gasteiger partial charge in [0.2, 0.25) is 0 Å². The standard InChI is InChI=1S/C13H13ClN2O2/c1-2-6-10-11(13(17)18)12(14)16(15-10)9-7-4-3-5-8-9/h3-5,7-8H,2,6H2,1H3,(H,17,18). The third kappa shape index (κ3) is 2.24. The van der Waals surface area contributed by atoms with Crippen molar-refractivity contribution >= 4 is 17.6 Å². The highest BCUT2D eigenvalue weighted by Gasteiger charge is 2.22. The van der Waals surface area contributed by atoms with Crippen molar-refractivity contribution in [3.05, 3.63) is 46.7 Å². The summed E-state index contributed by atoms with van der Waals surface area (Å²) >= 11 is 6.11. The summed E-state index contributed by atoms with van der Waals surface area (Å²) < 4.78 is 1.47. The van der Waals surface area contributed by atoms with Gasteiger partial charge in [0.25, 0.3) is 0 Å². The highest BCUT2D eigenvalue weighted by molar-refractivity contribution is 6.32. The molecule has 18 heavy (non-hydrogen) atoms. The number of aryl methyl sites for hydroxylation is 1. The first kappa shape index (κ1) is 12.6. The summed E-state index contributed by atoms with van der Waals surface area (Å²) in [6.07, 6.45) is 1.42. The third-order valence-electron chi connectivity index (χ3n) is 2.60. The second-order valence-corrected chi connectivity index (χ2v) is 4.27. The number of hydrogen-bond donors (Lipinski definition) is 1. The quantitative estimate of drug-likeness (QED) is 0.923. The van der Waals surface area contributed by atoms with Gasteiger partial charge < -0.3 is 5.11 Å². The molecule has 0 unspecified atom stereocenters. The largest absolute Gasteiger partial charge is 0.478 e. The maximum atomic E-state index is 11.2. The van der Waals surface area contributed by atoms with Gasteiger partial charge in [-0.1, -0.05) is 43.1 Å². The molecule has 0 fully saturated rings. The molecule has 5 heteroatoms. The van der Waals surface area contributed by atoms with Gasteiger partial charge >= 0.3 is 5.97 Å². The number of benzene rings is 1. The Kier molecular flexibility index (Phi) is 3.67. The first-order valence-corrected chi connectivity index (χ1v) is 6.09. The summed E-state index contributed by atoms with van der Waals surface area (Å²) in [6.45, 7) is 1.97. The zero-order valence-corrected chi connectivity index (χ0v) is 10.7. The fourth-order valence-corrected chi connectivity index (χ4v) is 2.13. The van der Waals surface area contributed by atoms with E-state index in [-0.39, 0.29) is 10.7 Å². The van der Waals surface area contributed by atoms with Crippen LogP contribution in [-0.4, -0.2) is 20.9 Å². The van der Waals surface area contributed by atoms with Crippen LogP contribution in [0, 0.1) is 0 Å². The number of carboxylic acids is 1. The van der Waals surface area contributed by atoms with Crippen molar-refractivity contribution in [2.75, 3.05) is 0 Å². The van der Waals surface area contributed by atoms with Gasteiger partial charge in [-0.15, -0.1) is 0 Å². The third-order valence-corrected chi connectivity index (χ3v) is 2.95. The minimum absolute atomic E-state index is 0.0994. The van der Waals surface area contributed by atoms with E-state index in [2.05, 4.69) is 5.10 Å². The van der Waals surface area contributed by atoms with Gasteiger partial charge in [0.1, 0.15) is 10.7 Å². The van der Waals surface area contributed by atoms with Crippen LogP contribution in [0.2, 0.25) is 5.15 Å². The van der Waals surface area contributed by atoms with E-state index in [0.29, 0.717) is 12.1 Å². The summed E-state index contributed by atoms with van der Waals surface area (Å²) in [5.74, 6) is -1.04. The monoisotopic (exact) mass is 264 g/mol. The SMILES string of the molecule is CCCc1nn(-c2ccccc2)c(Cl)c1C(=O)O. The molecule has 0 radical (unpaired) electrons. The molecule has 0 aliphatic carbocycles. The van der Waals surface area contributed by atoms with Crippen LogP contribution in [-0.2, 0) is 6.42 Å². The fourth-order valence-electron chi connectivity index (χ4n) is 1.80. The molecule has 0 saturated carbocycles. The zero-order chi connectivity index (χ0) is 13.1. The molecule has 0 aliphatic rings. The smallest absolute Gasteiger partial charge is 0.340 e. The van der Waals surface area contributed by atoms with Gasteiger partial charge in [-0.25, -0.2) is 9.48 Å². The molecule has 0 aliphatic heterocycles. The van der Waals surface area contributed by atoms with Crippen LogP contribution < -0.4 is 0 Å². The highest BCUT2D eigenvalue weighted by Crippen LogP contribution is 2.24. The molecule has 4 nitrogen and oxygen atoms in total. The average molecular weight is 265 g/mol. The number of aromatic carboxylic acids is 1. The van der Waals surface area contributed by atoms with Crippen molar-refractivity contribution in [3.8, 4) is 5.69 Å². The summed E-state index contributed by atoms with van der Waals surface area (Å²) in [5.41, 5.74) is 1.38. The predicted octanol–water partition coefficient (Wildman–Crippen LogP) is 3.18. The number of rotatable bonds is 4. The summed E-state index contributed by atoms with van der Waals surface area (Å²) in [4.78, 5) is 11.2. The Morgan fingerprint density at radius 1 is 1.39 bits per heavy atom. The predicted molar refractivity (Wildman–Crippen MR) is 69.5 cm³/mol. The summed E-state index contributed by atoms with van der Waals surface area (Å²) in [6, 6.07) is 9.26. The lowest BCUT2D eigenvalue weighted by atomic mass is 10.2. The fraction of sp³-hybridized carbons (Fsp3) is 0.231. The Morgan fingerprint density at radius 3 is 2.61 bits per heavy atom. The van der Waals surface area contributed by atoms with Crippen LogP contribution in [0.4, 0.5) is 0 Å². The summed E-state index contributed by atoms with van der Waals surface area (Å²) in [7, 11) is 0. The maximum absolute atomic E-state index is 11.2.